The minimum Gasteiger partial charge on any atom is -0.309 e. The maximum absolute atomic E-state index is 5.01. The molecule has 0 atom stereocenters. The van der Waals surface area contributed by atoms with Crippen LogP contribution >= 0.6 is 0 Å². The van der Waals surface area contributed by atoms with Crippen LogP contribution in [-0.4, -0.2) is 19.5 Å². The summed E-state index contributed by atoms with van der Waals surface area (Å²) < 4.78 is 2.45. The number of benzene rings is 9. The van der Waals surface area contributed by atoms with Gasteiger partial charge in [0.15, 0.2) is 17.5 Å². The monoisotopic (exact) mass is 818 g/mol. The van der Waals surface area contributed by atoms with Gasteiger partial charge >= 0.3 is 0 Å². The average molecular weight is 819 g/mol. The molecule has 1 aliphatic rings. The van der Waals surface area contributed by atoms with E-state index in [1.54, 1.807) is 0 Å². The molecule has 302 valence electrons. The van der Waals surface area contributed by atoms with Gasteiger partial charge in [0.05, 0.1) is 11.0 Å². The Hall–Kier alpha value is -8.21. The zero-order valence-electron chi connectivity index (χ0n) is 35.6. The zero-order valence-corrected chi connectivity index (χ0v) is 35.6. The van der Waals surface area contributed by atoms with Gasteiger partial charge in [0, 0.05) is 44.1 Å². The second-order valence-electron chi connectivity index (χ2n) is 17.2. The Balaban J connectivity index is 1.02. The fourth-order valence-corrected chi connectivity index (χ4v) is 9.84. The third kappa shape index (κ3) is 6.26. The number of aromatic nitrogens is 4. The lowest BCUT2D eigenvalue weighted by molar-refractivity contribution is 0.660. The van der Waals surface area contributed by atoms with Crippen LogP contribution < -0.4 is 0 Å². The Morgan fingerprint density at radius 1 is 0.328 bits per heavy atom. The molecule has 12 rings (SSSR count). The SMILES string of the molecule is CC1(C)c2ccccc2-c2cc(-c3ccc4c(c3)c3cccc(-c5ccc(-c6nc(-c7ccccc7)nc(-c7ccccc7)n6)cc5)c3n4-c3cccc(-c4ccccc4)c3)ccc21. The topological polar surface area (TPSA) is 43.6 Å². The van der Waals surface area contributed by atoms with E-state index < -0.39 is 0 Å². The molecule has 0 saturated carbocycles. The molecule has 0 spiro atoms. The lowest BCUT2D eigenvalue weighted by Crippen LogP contribution is -2.14. The molecule has 4 nitrogen and oxygen atoms in total. The summed E-state index contributed by atoms with van der Waals surface area (Å²) in [5.41, 5.74) is 18.7. The van der Waals surface area contributed by atoms with Crippen molar-refractivity contribution in [1.29, 1.82) is 0 Å². The maximum atomic E-state index is 5.01. The molecule has 0 amide bonds. The van der Waals surface area contributed by atoms with Gasteiger partial charge in [-0.15, -0.1) is 0 Å². The molecular weight excluding hydrogens is 777 g/mol. The number of hydrogen-bond donors (Lipinski definition) is 0. The molecule has 0 aliphatic heterocycles. The van der Waals surface area contributed by atoms with Crippen molar-refractivity contribution in [2.75, 3.05) is 0 Å². The van der Waals surface area contributed by atoms with Crippen molar-refractivity contribution in [2.24, 2.45) is 0 Å². The van der Waals surface area contributed by atoms with Gasteiger partial charge in [-0.05, 0) is 80.4 Å². The highest BCUT2D eigenvalue weighted by Crippen LogP contribution is 2.50. The highest BCUT2D eigenvalue weighted by atomic mass is 15.0. The first-order chi connectivity index (χ1) is 31.5. The molecule has 1 aliphatic carbocycles. The summed E-state index contributed by atoms with van der Waals surface area (Å²) in [4.78, 5) is 14.9. The van der Waals surface area contributed by atoms with Gasteiger partial charge in [0.1, 0.15) is 0 Å². The fourth-order valence-electron chi connectivity index (χ4n) is 9.84. The Kier molecular flexibility index (Phi) is 8.80. The molecule has 0 unspecified atom stereocenters. The van der Waals surface area contributed by atoms with Crippen molar-refractivity contribution < 1.29 is 0 Å². The molecular formula is C60H42N4. The number of para-hydroxylation sites is 1. The van der Waals surface area contributed by atoms with Crippen LogP contribution in [0.4, 0.5) is 0 Å². The lowest BCUT2D eigenvalue weighted by atomic mass is 9.82. The van der Waals surface area contributed by atoms with Crippen LogP contribution in [0, 0.1) is 0 Å². The van der Waals surface area contributed by atoms with E-state index in [0.29, 0.717) is 17.5 Å². The molecule has 64 heavy (non-hydrogen) atoms. The predicted octanol–water partition coefficient (Wildman–Crippen LogP) is 15.3. The summed E-state index contributed by atoms with van der Waals surface area (Å²) in [6, 6.07) is 78.1. The average Bonchev–Trinajstić information content (AvgIpc) is 3.82. The molecule has 9 aromatic carbocycles. The number of nitrogens with zero attached hydrogens (tertiary/aromatic N) is 4. The van der Waals surface area contributed by atoms with Crippen LogP contribution in [-0.2, 0) is 5.41 Å². The molecule has 11 aromatic rings. The largest absolute Gasteiger partial charge is 0.309 e. The first-order valence-corrected chi connectivity index (χ1v) is 21.9. The van der Waals surface area contributed by atoms with Crippen molar-refractivity contribution in [3.05, 3.63) is 230 Å². The molecule has 0 N–H and O–H groups in total. The van der Waals surface area contributed by atoms with Gasteiger partial charge in [-0.3, -0.25) is 0 Å². The first-order valence-electron chi connectivity index (χ1n) is 21.9. The predicted molar refractivity (Wildman–Crippen MR) is 264 cm³/mol. The summed E-state index contributed by atoms with van der Waals surface area (Å²) >= 11 is 0. The standard InChI is InChI=1S/C60H42N4/c1-60(2)53-27-13-12-24-49(53)51-37-45(32-34-54(51)60)46-33-35-55-52(38-46)50-26-15-25-48(56(50)64(55)47-23-14-22-44(36-47)39-16-6-3-7-17-39)40-28-30-43(31-29-40)59-62-57(41-18-8-4-9-19-41)61-58(63-59)42-20-10-5-11-21-42/h3-38H,1-2H3. The summed E-state index contributed by atoms with van der Waals surface area (Å²) in [6.45, 7) is 4.68. The van der Waals surface area contributed by atoms with Gasteiger partial charge in [0.25, 0.3) is 0 Å². The van der Waals surface area contributed by atoms with Gasteiger partial charge in [-0.1, -0.05) is 202 Å². The number of hydrogen-bond acceptors (Lipinski definition) is 3. The van der Waals surface area contributed by atoms with Gasteiger partial charge in [0.2, 0.25) is 0 Å². The molecule has 4 heteroatoms. The van der Waals surface area contributed by atoms with E-state index in [2.05, 4.69) is 176 Å². The maximum Gasteiger partial charge on any atom is 0.164 e. The Morgan fingerprint density at radius 2 is 0.812 bits per heavy atom. The van der Waals surface area contributed by atoms with Crippen LogP contribution in [0.2, 0.25) is 0 Å². The summed E-state index contributed by atoms with van der Waals surface area (Å²) in [5, 5.41) is 2.41. The van der Waals surface area contributed by atoms with Crippen molar-refractivity contribution in [3.63, 3.8) is 0 Å². The van der Waals surface area contributed by atoms with Gasteiger partial charge in [-0.25, -0.2) is 15.0 Å². The van der Waals surface area contributed by atoms with Crippen LogP contribution in [0.3, 0.4) is 0 Å². The summed E-state index contributed by atoms with van der Waals surface area (Å²) in [7, 11) is 0. The van der Waals surface area contributed by atoms with Crippen LogP contribution in [0.1, 0.15) is 25.0 Å². The van der Waals surface area contributed by atoms with Gasteiger partial charge < -0.3 is 4.57 Å². The van der Waals surface area contributed by atoms with E-state index in [1.807, 2.05) is 60.7 Å². The second kappa shape index (κ2) is 15.0. The first kappa shape index (κ1) is 37.5. The molecule has 2 heterocycles. The Morgan fingerprint density at radius 3 is 1.50 bits per heavy atom. The van der Waals surface area contributed by atoms with E-state index in [-0.39, 0.29) is 5.41 Å². The highest BCUT2D eigenvalue weighted by Gasteiger charge is 2.35. The lowest BCUT2D eigenvalue weighted by Gasteiger charge is -2.21. The fraction of sp³-hybridized carbons (Fsp3) is 0.0500. The van der Waals surface area contributed by atoms with Crippen molar-refractivity contribution in [2.45, 2.75) is 19.3 Å². The highest BCUT2D eigenvalue weighted by molar-refractivity contribution is 6.15. The quantitative estimate of drug-likeness (QED) is 0.161. The van der Waals surface area contributed by atoms with Crippen molar-refractivity contribution >= 4 is 21.8 Å². The minimum absolute atomic E-state index is 0.0355. The second-order valence-corrected chi connectivity index (χ2v) is 17.2. The van der Waals surface area contributed by atoms with Crippen molar-refractivity contribution in [1.82, 2.24) is 19.5 Å². The van der Waals surface area contributed by atoms with E-state index >= 15 is 0 Å². The van der Waals surface area contributed by atoms with Crippen LogP contribution in [0.5, 0.6) is 0 Å². The molecule has 2 aromatic heterocycles. The smallest absolute Gasteiger partial charge is 0.164 e. The number of fused-ring (bicyclic) bond motifs is 6. The molecule has 0 fully saturated rings. The van der Waals surface area contributed by atoms with Crippen molar-refractivity contribution in [3.8, 4) is 84.4 Å². The summed E-state index contributed by atoms with van der Waals surface area (Å²) in [5.74, 6) is 1.93. The van der Waals surface area contributed by atoms with E-state index in [0.717, 1.165) is 44.5 Å². The number of rotatable bonds is 7. The van der Waals surface area contributed by atoms with E-state index in [4.69, 9.17) is 15.0 Å². The van der Waals surface area contributed by atoms with E-state index in [9.17, 15) is 0 Å². The molecule has 0 bridgehead atoms. The molecule has 0 radical (unpaired) electrons. The third-order valence-corrected chi connectivity index (χ3v) is 13.1. The Labute approximate surface area is 372 Å². The zero-order chi connectivity index (χ0) is 42.8. The minimum atomic E-state index is -0.0355. The van der Waals surface area contributed by atoms with E-state index in [1.165, 1.54) is 55.3 Å². The molecule has 0 saturated heterocycles. The van der Waals surface area contributed by atoms with Crippen LogP contribution in [0.25, 0.3) is 106 Å². The van der Waals surface area contributed by atoms with Crippen LogP contribution in [0.15, 0.2) is 218 Å². The summed E-state index contributed by atoms with van der Waals surface area (Å²) in [6.07, 6.45) is 0. The normalized spacial score (nSPS) is 12.7. The third-order valence-electron chi connectivity index (χ3n) is 13.1. The Bertz CT molecular complexity index is 3490. The van der Waals surface area contributed by atoms with Gasteiger partial charge in [-0.2, -0.15) is 0 Å².